The Morgan fingerprint density at radius 2 is 1.91 bits per heavy atom. The Labute approximate surface area is 201 Å². The number of fused-ring (bicyclic) bond motifs is 2. The highest BCUT2D eigenvalue weighted by Gasteiger charge is 2.28. The van der Waals surface area contributed by atoms with Crippen molar-refractivity contribution >= 4 is 22.6 Å². The number of aromatic nitrogens is 5. The molecule has 0 spiro atoms. The van der Waals surface area contributed by atoms with Gasteiger partial charge < -0.3 is 14.0 Å². The summed E-state index contributed by atoms with van der Waals surface area (Å²) >= 11 is 0. The minimum Gasteiger partial charge on any atom is -0.444 e. The zero-order chi connectivity index (χ0) is 24.9. The van der Waals surface area contributed by atoms with E-state index in [0.717, 1.165) is 5.69 Å². The summed E-state index contributed by atoms with van der Waals surface area (Å²) in [5.74, 6) is -0.637. The van der Waals surface area contributed by atoms with E-state index in [1.807, 2.05) is 32.1 Å². The maximum absolute atomic E-state index is 15.2. The summed E-state index contributed by atoms with van der Waals surface area (Å²) in [6.45, 7) is 8.23. The van der Waals surface area contributed by atoms with E-state index in [0.29, 0.717) is 42.8 Å². The van der Waals surface area contributed by atoms with Gasteiger partial charge in [0.15, 0.2) is 5.65 Å². The fourth-order valence-electron chi connectivity index (χ4n) is 4.46. The van der Waals surface area contributed by atoms with E-state index in [1.165, 1.54) is 17.0 Å². The first-order valence-corrected chi connectivity index (χ1v) is 11.6. The van der Waals surface area contributed by atoms with E-state index in [4.69, 9.17) is 4.74 Å². The zero-order valence-electron chi connectivity index (χ0n) is 20.2. The number of carbonyl (C=O) groups excluding carboxylic acids is 1. The molecule has 10 heteroatoms. The van der Waals surface area contributed by atoms with Crippen LogP contribution in [0.5, 0.6) is 0 Å². The quantitative estimate of drug-likeness (QED) is 0.430. The maximum Gasteiger partial charge on any atom is 0.410 e. The SMILES string of the molecule is Cc1nccn2cc(-c3cc(F)c4c(=O)n(C5CCN(C(=O)OC(C)(C)C)CC5)cnc4c3)nc12. The van der Waals surface area contributed by atoms with Crippen LogP contribution in [0.1, 0.15) is 45.3 Å². The van der Waals surface area contributed by atoms with Crippen molar-refractivity contribution in [2.75, 3.05) is 13.1 Å². The number of halogens is 1. The van der Waals surface area contributed by atoms with Crippen molar-refractivity contribution in [1.82, 2.24) is 28.8 Å². The summed E-state index contributed by atoms with van der Waals surface area (Å²) in [6.07, 6.45) is 7.47. The first-order chi connectivity index (χ1) is 16.6. The minimum absolute atomic E-state index is 0.0487. The zero-order valence-corrected chi connectivity index (χ0v) is 20.2. The van der Waals surface area contributed by atoms with Gasteiger partial charge in [0.05, 0.1) is 23.2 Å². The van der Waals surface area contributed by atoms with Crippen LogP contribution in [0.4, 0.5) is 9.18 Å². The number of hydrogen-bond acceptors (Lipinski definition) is 6. The fourth-order valence-corrected chi connectivity index (χ4v) is 4.46. The standard InChI is InChI=1S/C25H27FN6O3/c1-15-22-29-20(13-31(22)10-7-27-15)16-11-18(26)21-19(12-16)28-14-32(23(21)33)17-5-8-30(9-6-17)24(34)35-25(2,3)4/h7,10-14,17H,5-6,8-9H2,1-4H3. The highest BCUT2D eigenvalue weighted by atomic mass is 19.1. The van der Waals surface area contributed by atoms with E-state index in [9.17, 15) is 9.59 Å². The Morgan fingerprint density at radius 1 is 1.17 bits per heavy atom. The molecule has 9 nitrogen and oxygen atoms in total. The van der Waals surface area contributed by atoms with Crippen LogP contribution in [-0.4, -0.2) is 53.6 Å². The number of carbonyl (C=O) groups is 1. The fraction of sp³-hybridized carbons (Fsp3) is 0.400. The molecule has 0 aliphatic carbocycles. The van der Waals surface area contributed by atoms with Gasteiger partial charge in [-0.25, -0.2) is 19.2 Å². The van der Waals surface area contributed by atoms with Gasteiger partial charge in [-0.15, -0.1) is 0 Å². The van der Waals surface area contributed by atoms with E-state index in [2.05, 4.69) is 15.0 Å². The van der Waals surface area contributed by atoms with Crippen molar-refractivity contribution in [3.63, 3.8) is 0 Å². The molecule has 5 rings (SSSR count). The summed E-state index contributed by atoms with van der Waals surface area (Å²) in [5, 5.41) is -0.0487. The van der Waals surface area contributed by atoms with Gasteiger partial charge in [-0.3, -0.25) is 14.3 Å². The van der Waals surface area contributed by atoms with Gasteiger partial charge in [0.25, 0.3) is 5.56 Å². The van der Waals surface area contributed by atoms with Crippen molar-refractivity contribution in [2.24, 2.45) is 0 Å². The largest absolute Gasteiger partial charge is 0.444 e. The topological polar surface area (TPSA) is 94.6 Å². The molecular weight excluding hydrogens is 451 g/mol. The molecule has 1 aromatic carbocycles. The average molecular weight is 479 g/mol. The van der Waals surface area contributed by atoms with E-state index < -0.39 is 17.0 Å². The summed E-state index contributed by atoms with van der Waals surface area (Å²) in [6, 6.07) is 2.83. The summed E-state index contributed by atoms with van der Waals surface area (Å²) < 4.78 is 24.0. The Kier molecular flexibility index (Phi) is 5.53. The third-order valence-corrected chi connectivity index (χ3v) is 6.20. The van der Waals surface area contributed by atoms with Crippen molar-refractivity contribution in [3.8, 4) is 11.3 Å². The van der Waals surface area contributed by atoms with Crippen LogP contribution in [-0.2, 0) is 4.74 Å². The molecule has 0 atom stereocenters. The number of nitrogens with zero attached hydrogens (tertiary/aromatic N) is 6. The molecule has 0 radical (unpaired) electrons. The second kappa shape index (κ2) is 8.44. The van der Waals surface area contributed by atoms with Crippen LogP contribution in [0.25, 0.3) is 27.8 Å². The molecule has 4 aromatic rings. The average Bonchev–Trinajstić information content (AvgIpc) is 3.24. The smallest absolute Gasteiger partial charge is 0.410 e. The third-order valence-electron chi connectivity index (χ3n) is 6.20. The van der Waals surface area contributed by atoms with Gasteiger partial charge in [-0.1, -0.05) is 0 Å². The van der Waals surface area contributed by atoms with E-state index in [1.54, 1.807) is 29.6 Å². The van der Waals surface area contributed by atoms with Crippen molar-refractivity contribution in [3.05, 3.63) is 58.9 Å². The van der Waals surface area contributed by atoms with Gasteiger partial charge in [0.2, 0.25) is 0 Å². The molecule has 1 saturated heterocycles. The number of rotatable bonds is 2. The lowest BCUT2D eigenvalue weighted by molar-refractivity contribution is 0.0187. The summed E-state index contributed by atoms with van der Waals surface area (Å²) in [7, 11) is 0. The number of aryl methyl sites for hydroxylation is 1. The highest BCUT2D eigenvalue weighted by molar-refractivity contribution is 5.83. The molecule has 3 aromatic heterocycles. The van der Waals surface area contributed by atoms with Crippen molar-refractivity contribution in [1.29, 1.82) is 0 Å². The predicted octanol–water partition coefficient (Wildman–Crippen LogP) is 4.13. The number of hydrogen-bond donors (Lipinski definition) is 0. The first kappa shape index (κ1) is 22.9. The lowest BCUT2D eigenvalue weighted by Gasteiger charge is -2.34. The number of ether oxygens (including phenoxy) is 1. The Balaban J connectivity index is 1.42. The van der Waals surface area contributed by atoms with Crippen LogP contribution in [0.15, 0.2) is 41.8 Å². The molecule has 1 aliphatic rings. The molecule has 0 N–H and O–H groups in total. The normalized spacial score (nSPS) is 15.2. The molecule has 1 amide bonds. The molecule has 0 saturated carbocycles. The van der Waals surface area contributed by atoms with Crippen molar-refractivity contribution in [2.45, 2.75) is 52.2 Å². The summed E-state index contributed by atoms with van der Waals surface area (Å²) in [4.78, 5) is 40.4. The monoisotopic (exact) mass is 478 g/mol. The molecule has 1 aliphatic heterocycles. The van der Waals surface area contributed by atoms with Gasteiger partial charge in [0, 0.05) is 43.3 Å². The predicted molar refractivity (Wildman–Crippen MR) is 129 cm³/mol. The molecular formula is C25H27FN6O3. The second-order valence-electron chi connectivity index (χ2n) is 9.88. The lowest BCUT2D eigenvalue weighted by atomic mass is 10.0. The Morgan fingerprint density at radius 3 is 2.60 bits per heavy atom. The molecule has 35 heavy (non-hydrogen) atoms. The highest BCUT2D eigenvalue weighted by Crippen LogP contribution is 2.27. The van der Waals surface area contributed by atoms with E-state index in [-0.39, 0.29) is 23.0 Å². The van der Waals surface area contributed by atoms with Gasteiger partial charge in [0.1, 0.15) is 16.8 Å². The van der Waals surface area contributed by atoms with Crippen molar-refractivity contribution < 1.29 is 13.9 Å². The second-order valence-corrected chi connectivity index (χ2v) is 9.88. The molecule has 1 fully saturated rings. The van der Waals surface area contributed by atoms with Crippen LogP contribution in [0.2, 0.25) is 0 Å². The first-order valence-electron chi connectivity index (χ1n) is 11.6. The maximum atomic E-state index is 15.2. The molecule has 0 bridgehead atoms. The number of piperidine rings is 1. The minimum atomic E-state index is -0.637. The van der Waals surface area contributed by atoms with Gasteiger partial charge in [-0.2, -0.15) is 0 Å². The van der Waals surface area contributed by atoms with Crippen LogP contribution >= 0.6 is 0 Å². The Hall–Kier alpha value is -3.82. The molecule has 182 valence electrons. The third kappa shape index (κ3) is 4.36. The van der Waals surface area contributed by atoms with Gasteiger partial charge in [-0.05, 0) is 52.7 Å². The van der Waals surface area contributed by atoms with Gasteiger partial charge >= 0.3 is 6.09 Å². The molecule has 4 heterocycles. The molecule has 0 unspecified atom stereocenters. The van der Waals surface area contributed by atoms with Crippen LogP contribution in [0, 0.1) is 12.7 Å². The van der Waals surface area contributed by atoms with Crippen LogP contribution in [0.3, 0.4) is 0 Å². The van der Waals surface area contributed by atoms with Crippen LogP contribution < -0.4 is 5.56 Å². The van der Waals surface area contributed by atoms with E-state index >= 15 is 4.39 Å². The lowest BCUT2D eigenvalue weighted by Crippen LogP contribution is -2.43. The Bertz CT molecular complexity index is 1500. The number of likely N-dealkylation sites (tertiary alicyclic amines) is 1. The summed E-state index contributed by atoms with van der Waals surface area (Å²) in [5.41, 5.74) is 1.84. The number of amides is 1. The number of benzene rings is 1. The number of imidazole rings is 1.